The second-order valence-electron chi connectivity index (χ2n) is 5.26. The zero-order valence-electron chi connectivity index (χ0n) is 12.5. The van der Waals surface area contributed by atoms with Gasteiger partial charge in [-0.3, -0.25) is 4.79 Å². The summed E-state index contributed by atoms with van der Waals surface area (Å²) >= 11 is 0. The van der Waals surface area contributed by atoms with E-state index in [9.17, 15) is 13.2 Å². The Morgan fingerprint density at radius 1 is 1.15 bits per heavy atom. The van der Waals surface area contributed by atoms with E-state index in [1.54, 1.807) is 4.90 Å². The summed E-state index contributed by atoms with van der Waals surface area (Å²) in [6, 6.07) is 0. The van der Waals surface area contributed by atoms with Crippen LogP contribution in [0.1, 0.15) is 33.1 Å². The molecule has 0 saturated carbocycles. The van der Waals surface area contributed by atoms with Crippen LogP contribution >= 0.6 is 0 Å². The third kappa shape index (κ3) is 4.43. The summed E-state index contributed by atoms with van der Waals surface area (Å²) in [4.78, 5) is 14.0. The largest absolute Gasteiger partial charge is 0.340 e. The van der Waals surface area contributed by atoms with Gasteiger partial charge in [-0.05, 0) is 12.8 Å². The van der Waals surface area contributed by atoms with Gasteiger partial charge >= 0.3 is 0 Å². The minimum atomic E-state index is -3.15. The van der Waals surface area contributed by atoms with Gasteiger partial charge in [0.1, 0.15) is 0 Å². The van der Waals surface area contributed by atoms with Crippen molar-refractivity contribution < 1.29 is 13.2 Å². The van der Waals surface area contributed by atoms with Crippen LogP contribution in [-0.4, -0.2) is 62.0 Å². The average molecular weight is 305 g/mol. The molecule has 1 heterocycles. The smallest absolute Gasteiger partial charge is 0.227 e. The molecule has 2 N–H and O–H groups in total. The number of sulfonamides is 1. The molecule has 118 valence electrons. The molecule has 1 saturated heterocycles. The van der Waals surface area contributed by atoms with Crippen molar-refractivity contribution in [3.63, 3.8) is 0 Å². The maximum atomic E-state index is 12.3. The molecule has 1 aliphatic rings. The topological polar surface area (TPSA) is 83.7 Å². The average Bonchev–Trinajstić information content (AvgIpc) is 2.44. The van der Waals surface area contributed by atoms with Crippen LogP contribution in [-0.2, 0) is 14.8 Å². The van der Waals surface area contributed by atoms with Gasteiger partial charge in [-0.1, -0.05) is 20.3 Å². The van der Waals surface area contributed by atoms with Crippen LogP contribution in [0.3, 0.4) is 0 Å². The number of nitrogens with zero attached hydrogens (tertiary/aromatic N) is 2. The number of carbonyl (C=O) groups excluding carboxylic acids is 1. The van der Waals surface area contributed by atoms with E-state index in [0.29, 0.717) is 39.1 Å². The lowest BCUT2D eigenvalue weighted by molar-refractivity contribution is -0.136. The first-order valence-corrected chi connectivity index (χ1v) is 9.03. The molecule has 0 aromatic rings. The van der Waals surface area contributed by atoms with Crippen molar-refractivity contribution in [1.82, 2.24) is 9.21 Å². The maximum absolute atomic E-state index is 12.3. The lowest BCUT2D eigenvalue weighted by Gasteiger charge is -2.35. The van der Waals surface area contributed by atoms with E-state index in [2.05, 4.69) is 0 Å². The van der Waals surface area contributed by atoms with Gasteiger partial charge in [0.15, 0.2) is 0 Å². The van der Waals surface area contributed by atoms with Crippen LogP contribution < -0.4 is 5.73 Å². The van der Waals surface area contributed by atoms with Crippen molar-refractivity contribution >= 4 is 15.9 Å². The molecule has 0 radical (unpaired) electrons. The van der Waals surface area contributed by atoms with Gasteiger partial charge in [-0.25, -0.2) is 8.42 Å². The maximum Gasteiger partial charge on any atom is 0.227 e. The van der Waals surface area contributed by atoms with E-state index < -0.39 is 10.0 Å². The summed E-state index contributed by atoms with van der Waals surface area (Å²) in [5.41, 5.74) is 5.65. The fourth-order valence-corrected chi connectivity index (χ4v) is 4.02. The molecule has 0 spiro atoms. The fourth-order valence-electron chi connectivity index (χ4n) is 2.52. The number of hydrogen-bond acceptors (Lipinski definition) is 4. The molecular weight excluding hydrogens is 278 g/mol. The Hall–Kier alpha value is -0.660. The summed E-state index contributed by atoms with van der Waals surface area (Å²) in [5.74, 6) is 0.128. The molecular formula is C13H27N3O3S. The summed E-state index contributed by atoms with van der Waals surface area (Å²) in [7, 11) is -3.15. The number of nitrogens with two attached hydrogens (primary N) is 1. The van der Waals surface area contributed by atoms with E-state index in [0.717, 1.165) is 12.8 Å². The highest BCUT2D eigenvalue weighted by atomic mass is 32.2. The third-order valence-electron chi connectivity index (χ3n) is 3.68. The molecule has 0 aromatic heterocycles. The normalized spacial score (nSPS) is 19.1. The molecule has 0 aromatic carbocycles. The van der Waals surface area contributed by atoms with Crippen LogP contribution in [0.25, 0.3) is 0 Å². The second kappa shape index (κ2) is 7.95. The van der Waals surface area contributed by atoms with E-state index in [1.165, 1.54) is 4.31 Å². The van der Waals surface area contributed by atoms with Gasteiger partial charge in [-0.15, -0.1) is 0 Å². The highest BCUT2D eigenvalue weighted by Gasteiger charge is 2.30. The van der Waals surface area contributed by atoms with Crippen molar-refractivity contribution in [3.05, 3.63) is 0 Å². The Morgan fingerprint density at radius 2 is 1.75 bits per heavy atom. The van der Waals surface area contributed by atoms with E-state index in [-0.39, 0.29) is 17.6 Å². The van der Waals surface area contributed by atoms with Gasteiger partial charge < -0.3 is 10.6 Å². The van der Waals surface area contributed by atoms with Crippen LogP contribution in [0.4, 0.5) is 0 Å². The minimum Gasteiger partial charge on any atom is -0.340 e. The minimum absolute atomic E-state index is 0.0712. The van der Waals surface area contributed by atoms with Crippen LogP contribution in [0.15, 0.2) is 0 Å². The molecule has 1 unspecified atom stereocenters. The van der Waals surface area contributed by atoms with Gasteiger partial charge in [0.25, 0.3) is 0 Å². The number of piperazine rings is 1. The van der Waals surface area contributed by atoms with Crippen molar-refractivity contribution in [2.45, 2.75) is 33.1 Å². The number of amides is 1. The quantitative estimate of drug-likeness (QED) is 0.730. The molecule has 7 heteroatoms. The molecule has 1 amide bonds. The Kier molecular flexibility index (Phi) is 6.91. The number of rotatable bonds is 7. The molecule has 0 aliphatic carbocycles. The molecule has 1 rings (SSSR count). The van der Waals surface area contributed by atoms with Crippen LogP contribution in [0.2, 0.25) is 0 Å². The molecule has 1 fully saturated rings. The standard InChI is InChI=1S/C13H27N3O3S/c1-3-5-12(11-14)13(17)15-6-8-16(9-7-15)20(18,19)10-4-2/h12H,3-11,14H2,1-2H3. The van der Waals surface area contributed by atoms with Gasteiger partial charge in [0.05, 0.1) is 11.7 Å². The SMILES string of the molecule is CCCC(CN)C(=O)N1CCN(S(=O)(=O)CCC)CC1. The highest BCUT2D eigenvalue weighted by Crippen LogP contribution is 2.14. The summed E-state index contributed by atoms with van der Waals surface area (Å²) in [5, 5.41) is 0. The molecule has 1 atom stereocenters. The highest BCUT2D eigenvalue weighted by molar-refractivity contribution is 7.89. The summed E-state index contributed by atoms with van der Waals surface area (Å²) < 4.78 is 25.4. The lowest BCUT2D eigenvalue weighted by atomic mass is 10.0. The molecule has 1 aliphatic heterocycles. The van der Waals surface area contributed by atoms with E-state index >= 15 is 0 Å². The first kappa shape index (κ1) is 17.4. The van der Waals surface area contributed by atoms with E-state index in [1.807, 2.05) is 13.8 Å². The summed E-state index contributed by atoms with van der Waals surface area (Å²) in [6.45, 7) is 6.00. The van der Waals surface area contributed by atoms with Gasteiger partial charge in [-0.2, -0.15) is 4.31 Å². The number of carbonyl (C=O) groups is 1. The second-order valence-corrected chi connectivity index (χ2v) is 7.35. The molecule has 20 heavy (non-hydrogen) atoms. The predicted molar refractivity (Wildman–Crippen MR) is 79.7 cm³/mol. The van der Waals surface area contributed by atoms with E-state index in [4.69, 9.17) is 5.73 Å². The predicted octanol–water partition coefficient (Wildman–Crippen LogP) is 0.245. The van der Waals surface area contributed by atoms with Crippen molar-refractivity contribution in [3.8, 4) is 0 Å². The van der Waals surface area contributed by atoms with Crippen LogP contribution in [0, 0.1) is 5.92 Å². The van der Waals surface area contributed by atoms with Crippen LogP contribution in [0.5, 0.6) is 0 Å². The van der Waals surface area contributed by atoms with Crippen molar-refractivity contribution in [2.24, 2.45) is 11.7 Å². The van der Waals surface area contributed by atoms with Crippen molar-refractivity contribution in [2.75, 3.05) is 38.5 Å². The first-order chi connectivity index (χ1) is 9.46. The summed E-state index contributed by atoms with van der Waals surface area (Å²) in [6.07, 6.45) is 2.34. The third-order valence-corrected chi connectivity index (χ3v) is 5.75. The number of hydrogen-bond donors (Lipinski definition) is 1. The Morgan fingerprint density at radius 3 is 2.20 bits per heavy atom. The Bertz CT molecular complexity index is 403. The fraction of sp³-hybridized carbons (Fsp3) is 0.923. The van der Waals surface area contributed by atoms with Crippen molar-refractivity contribution in [1.29, 1.82) is 0 Å². The van der Waals surface area contributed by atoms with Gasteiger partial charge in [0, 0.05) is 32.7 Å². The first-order valence-electron chi connectivity index (χ1n) is 7.42. The zero-order valence-corrected chi connectivity index (χ0v) is 13.4. The molecule has 6 nitrogen and oxygen atoms in total. The zero-order chi connectivity index (χ0) is 15.2. The lowest BCUT2D eigenvalue weighted by Crippen LogP contribution is -2.52. The van der Waals surface area contributed by atoms with Gasteiger partial charge in [0.2, 0.25) is 15.9 Å². The monoisotopic (exact) mass is 305 g/mol. The molecule has 0 bridgehead atoms. The Balaban J connectivity index is 2.55. The Labute approximate surface area is 122 Å².